The Kier molecular flexibility index (Phi) is 7.17. The number of hydrogen-bond donors (Lipinski definition) is 0. The Morgan fingerprint density at radius 2 is 1.70 bits per heavy atom. The summed E-state index contributed by atoms with van der Waals surface area (Å²) in [5.74, 6) is 0.778. The van der Waals surface area contributed by atoms with Crippen LogP contribution in [0.5, 0.6) is 5.75 Å². The Balaban J connectivity index is 1.45. The molecule has 182 valence electrons. The van der Waals surface area contributed by atoms with Gasteiger partial charge in [0.1, 0.15) is 23.5 Å². The van der Waals surface area contributed by atoms with Crippen molar-refractivity contribution in [3.05, 3.63) is 29.8 Å². The van der Waals surface area contributed by atoms with Gasteiger partial charge in [0.25, 0.3) is 0 Å². The summed E-state index contributed by atoms with van der Waals surface area (Å²) in [7, 11) is 0. The second-order valence-electron chi connectivity index (χ2n) is 10.7. The molecule has 33 heavy (non-hydrogen) atoms. The molecule has 0 unspecified atom stereocenters. The fourth-order valence-electron chi connectivity index (χ4n) is 4.93. The second kappa shape index (κ2) is 9.92. The zero-order chi connectivity index (χ0) is 23.6. The minimum Gasteiger partial charge on any atom is -0.488 e. The van der Waals surface area contributed by atoms with E-state index in [0.717, 1.165) is 43.9 Å². The average Bonchev–Trinajstić information content (AvgIpc) is 2.98. The van der Waals surface area contributed by atoms with Crippen LogP contribution >= 0.6 is 0 Å². The van der Waals surface area contributed by atoms with E-state index < -0.39 is 17.7 Å². The third kappa shape index (κ3) is 5.99. The number of aryl methyl sites for hydroxylation is 1. The molecule has 0 bridgehead atoms. The summed E-state index contributed by atoms with van der Waals surface area (Å²) in [5.41, 5.74) is 0.543. The minimum absolute atomic E-state index is 0.0197. The van der Waals surface area contributed by atoms with Crippen LogP contribution in [0.3, 0.4) is 0 Å². The molecule has 1 aliphatic carbocycles. The number of carbonyl (C=O) groups excluding carboxylic acids is 2. The van der Waals surface area contributed by atoms with E-state index in [9.17, 15) is 9.59 Å². The highest BCUT2D eigenvalue weighted by Gasteiger charge is 2.44. The van der Waals surface area contributed by atoms with Gasteiger partial charge in [-0.2, -0.15) is 0 Å². The van der Waals surface area contributed by atoms with Crippen molar-refractivity contribution in [2.45, 2.75) is 83.6 Å². The molecule has 0 radical (unpaired) electrons. The van der Waals surface area contributed by atoms with Gasteiger partial charge in [-0.25, -0.2) is 4.79 Å². The topological polar surface area (TPSA) is 62.3 Å². The number of amides is 2. The maximum Gasteiger partial charge on any atom is 0.411 e. The lowest BCUT2D eigenvalue weighted by molar-refractivity contribution is -0.135. The molecule has 3 fully saturated rings. The summed E-state index contributed by atoms with van der Waals surface area (Å²) in [6, 6.07) is 8.02. The molecule has 0 N–H and O–H groups in total. The van der Waals surface area contributed by atoms with Gasteiger partial charge in [-0.1, -0.05) is 24.1 Å². The molecular weight excluding hydrogens is 418 g/mol. The monoisotopic (exact) mass is 457 g/mol. The van der Waals surface area contributed by atoms with Crippen molar-refractivity contribution in [2.75, 3.05) is 32.7 Å². The molecule has 2 atom stereocenters. The molecule has 3 aliphatic rings. The summed E-state index contributed by atoms with van der Waals surface area (Å²) in [6.07, 6.45) is 4.65. The van der Waals surface area contributed by atoms with Crippen molar-refractivity contribution in [3.8, 4) is 5.75 Å². The molecule has 1 saturated carbocycles. The number of nitrogens with zero attached hydrogens (tertiary/aromatic N) is 3. The summed E-state index contributed by atoms with van der Waals surface area (Å²) >= 11 is 0. The molecule has 4 rings (SSSR count). The summed E-state index contributed by atoms with van der Waals surface area (Å²) in [5, 5.41) is 0. The molecule has 7 heteroatoms. The van der Waals surface area contributed by atoms with E-state index in [2.05, 4.69) is 4.90 Å². The number of rotatable bonds is 4. The van der Waals surface area contributed by atoms with Gasteiger partial charge in [0.05, 0.1) is 6.54 Å². The number of likely N-dealkylation sites (tertiary alicyclic amines) is 1. The van der Waals surface area contributed by atoms with Gasteiger partial charge < -0.3 is 14.4 Å². The zero-order valence-electron chi connectivity index (χ0n) is 20.6. The minimum atomic E-state index is -0.619. The van der Waals surface area contributed by atoms with Crippen LogP contribution in [-0.4, -0.2) is 83.2 Å². The van der Waals surface area contributed by atoms with Crippen molar-refractivity contribution in [2.24, 2.45) is 0 Å². The van der Waals surface area contributed by atoms with Gasteiger partial charge in [0, 0.05) is 38.6 Å². The first-order chi connectivity index (χ1) is 15.7. The van der Waals surface area contributed by atoms with Gasteiger partial charge in [-0.15, -0.1) is 0 Å². The van der Waals surface area contributed by atoms with Crippen LogP contribution in [0.1, 0.15) is 58.4 Å². The zero-order valence-corrected chi connectivity index (χ0v) is 20.6. The highest BCUT2D eigenvalue weighted by molar-refractivity contribution is 5.86. The fourth-order valence-corrected chi connectivity index (χ4v) is 4.93. The third-order valence-electron chi connectivity index (χ3n) is 6.93. The standard InChI is InChI=1S/C26H39N3O4/c1-19-9-11-21(12-10-19)32-22-17-23(29(18-22)25(31)33-26(2,3)4)24(30)28-14-6-13-27(15-16-28)20-7-5-8-20/h9-12,20,22-23H,5-8,13-18H2,1-4H3/t22-,23+/m0/s1. The first-order valence-electron chi connectivity index (χ1n) is 12.5. The molecule has 0 aromatic heterocycles. The Bertz CT molecular complexity index is 831. The quantitative estimate of drug-likeness (QED) is 0.688. The highest BCUT2D eigenvalue weighted by Crippen LogP contribution is 2.28. The first-order valence-corrected chi connectivity index (χ1v) is 12.5. The van der Waals surface area contributed by atoms with Gasteiger partial charge in [-0.05, 0) is 59.1 Å². The van der Waals surface area contributed by atoms with Crippen molar-refractivity contribution in [1.82, 2.24) is 14.7 Å². The summed E-state index contributed by atoms with van der Waals surface area (Å²) < 4.78 is 11.8. The maximum atomic E-state index is 13.6. The molecule has 2 aliphatic heterocycles. The van der Waals surface area contributed by atoms with Crippen molar-refractivity contribution in [3.63, 3.8) is 0 Å². The van der Waals surface area contributed by atoms with Gasteiger partial charge in [-0.3, -0.25) is 14.6 Å². The van der Waals surface area contributed by atoms with E-state index in [-0.39, 0.29) is 12.0 Å². The van der Waals surface area contributed by atoms with Crippen LogP contribution in [0.15, 0.2) is 24.3 Å². The predicted molar refractivity (Wildman–Crippen MR) is 127 cm³/mol. The molecular formula is C26H39N3O4. The lowest BCUT2D eigenvalue weighted by Crippen LogP contribution is -2.50. The molecule has 1 aromatic rings. The maximum absolute atomic E-state index is 13.6. The van der Waals surface area contributed by atoms with E-state index in [1.165, 1.54) is 19.3 Å². The lowest BCUT2D eigenvalue weighted by atomic mass is 9.91. The van der Waals surface area contributed by atoms with Crippen LogP contribution < -0.4 is 4.74 Å². The van der Waals surface area contributed by atoms with Crippen LogP contribution in [-0.2, 0) is 9.53 Å². The van der Waals surface area contributed by atoms with E-state index in [4.69, 9.17) is 9.47 Å². The Hall–Kier alpha value is -2.28. The second-order valence-corrected chi connectivity index (χ2v) is 10.7. The van der Waals surface area contributed by atoms with Crippen LogP contribution in [0.25, 0.3) is 0 Å². The number of hydrogen-bond acceptors (Lipinski definition) is 5. The molecule has 0 spiro atoms. The number of carbonyl (C=O) groups is 2. The van der Waals surface area contributed by atoms with Gasteiger partial charge in [0.2, 0.25) is 5.91 Å². The van der Waals surface area contributed by atoms with Gasteiger partial charge >= 0.3 is 6.09 Å². The van der Waals surface area contributed by atoms with Crippen molar-refractivity contribution >= 4 is 12.0 Å². The molecule has 7 nitrogen and oxygen atoms in total. The van der Waals surface area contributed by atoms with Crippen molar-refractivity contribution < 1.29 is 19.1 Å². The Labute approximate surface area is 198 Å². The van der Waals surface area contributed by atoms with Crippen LogP contribution in [0, 0.1) is 6.92 Å². The van der Waals surface area contributed by atoms with Crippen LogP contribution in [0.2, 0.25) is 0 Å². The highest BCUT2D eigenvalue weighted by atomic mass is 16.6. The predicted octanol–water partition coefficient (Wildman–Crippen LogP) is 3.84. The van der Waals surface area contributed by atoms with E-state index >= 15 is 0 Å². The van der Waals surface area contributed by atoms with E-state index in [1.807, 2.05) is 56.9 Å². The molecule has 2 saturated heterocycles. The van der Waals surface area contributed by atoms with Crippen molar-refractivity contribution in [1.29, 1.82) is 0 Å². The lowest BCUT2D eigenvalue weighted by Gasteiger charge is -2.37. The van der Waals surface area contributed by atoms with E-state index in [0.29, 0.717) is 19.0 Å². The molecule has 2 amide bonds. The number of benzene rings is 1. The summed E-state index contributed by atoms with van der Waals surface area (Å²) in [4.78, 5) is 32.7. The average molecular weight is 458 g/mol. The Morgan fingerprint density at radius 3 is 2.33 bits per heavy atom. The third-order valence-corrected chi connectivity index (χ3v) is 6.93. The largest absolute Gasteiger partial charge is 0.488 e. The van der Waals surface area contributed by atoms with E-state index in [1.54, 1.807) is 4.90 Å². The first kappa shape index (κ1) is 23.9. The van der Waals surface area contributed by atoms with Crippen LogP contribution in [0.4, 0.5) is 4.79 Å². The smallest absolute Gasteiger partial charge is 0.411 e. The normalized spacial score (nSPS) is 24.8. The fraction of sp³-hybridized carbons (Fsp3) is 0.692. The SMILES string of the molecule is Cc1ccc(O[C@H]2C[C@H](C(=O)N3CCCN(C4CCC4)CC3)N(C(=O)OC(C)(C)C)C2)cc1. The molecule has 1 aromatic carbocycles. The molecule has 2 heterocycles. The number of ether oxygens (including phenoxy) is 2. The Morgan fingerprint density at radius 1 is 0.970 bits per heavy atom. The summed E-state index contributed by atoms with van der Waals surface area (Å²) in [6.45, 7) is 11.4. The van der Waals surface area contributed by atoms with Gasteiger partial charge in [0.15, 0.2) is 0 Å².